The summed E-state index contributed by atoms with van der Waals surface area (Å²) in [5.41, 5.74) is 4.47. The fourth-order valence-electron chi connectivity index (χ4n) is 4.63. The predicted molar refractivity (Wildman–Crippen MR) is 134 cm³/mol. The number of fused-ring (bicyclic) bond motifs is 1. The number of carbonyl (C=O) groups excluding carboxylic acids is 1. The first-order valence-electron chi connectivity index (χ1n) is 12.0. The Bertz CT molecular complexity index is 1370. The van der Waals surface area contributed by atoms with Gasteiger partial charge in [-0.2, -0.15) is 0 Å². The number of Topliss-reactive ketones (excluding diaryl/α,β-unsaturated/α-hetero) is 1. The molecule has 1 aliphatic carbocycles. The molecule has 1 aliphatic heterocycles. The Morgan fingerprint density at radius 2 is 1.71 bits per heavy atom. The van der Waals surface area contributed by atoms with Gasteiger partial charge in [0.15, 0.2) is 11.5 Å². The number of ketones is 1. The van der Waals surface area contributed by atoms with Gasteiger partial charge in [-0.05, 0) is 78.3 Å². The second-order valence-electron chi connectivity index (χ2n) is 9.32. The van der Waals surface area contributed by atoms with Crippen LogP contribution in [0.5, 0.6) is 11.5 Å². The molecule has 7 heteroatoms. The summed E-state index contributed by atoms with van der Waals surface area (Å²) in [6.07, 6.45) is 2.76. The molecule has 0 unspecified atom stereocenters. The average molecular weight is 492 g/mol. The van der Waals surface area contributed by atoms with Crippen molar-refractivity contribution in [1.82, 2.24) is 4.72 Å². The fraction of sp³-hybridized carbons (Fsp3) is 0.321. The Morgan fingerprint density at radius 3 is 2.43 bits per heavy atom. The van der Waals surface area contributed by atoms with Crippen LogP contribution in [0.15, 0.2) is 65.6 Å². The number of hydrogen-bond acceptors (Lipinski definition) is 5. The van der Waals surface area contributed by atoms with E-state index in [0.29, 0.717) is 18.7 Å². The maximum absolute atomic E-state index is 13.4. The number of hydrogen-bond donors (Lipinski definition) is 1. The molecular weight excluding hydrogens is 462 g/mol. The Balaban J connectivity index is 1.36. The number of sulfonamides is 1. The largest absolute Gasteiger partial charge is 0.454 e. The van der Waals surface area contributed by atoms with Crippen LogP contribution in [0, 0.1) is 6.92 Å². The molecule has 5 rings (SSSR count). The lowest BCUT2D eigenvalue weighted by Crippen LogP contribution is -2.24. The quantitative estimate of drug-likeness (QED) is 0.459. The normalized spacial score (nSPS) is 15.7. The summed E-state index contributed by atoms with van der Waals surface area (Å²) in [5, 5.41) is 0. The summed E-state index contributed by atoms with van der Waals surface area (Å²) < 4.78 is 38.3. The van der Waals surface area contributed by atoms with E-state index >= 15 is 0 Å². The maximum Gasteiger partial charge on any atom is 0.240 e. The van der Waals surface area contributed by atoms with Crippen LogP contribution in [0.25, 0.3) is 11.1 Å². The number of nitrogens with one attached hydrogen (secondary N) is 1. The SMILES string of the molecule is CCCNS(=O)(=O)c1ccc(-c2cc(CC(=O)C3(c4ccc5c(c4)OCO5)CC3)ccc2C)cc1. The van der Waals surface area contributed by atoms with Gasteiger partial charge in [-0.15, -0.1) is 0 Å². The Morgan fingerprint density at radius 1 is 0.971 bits per heavy atom. The second kappa shape index (κ2) is 9.13. The van der Waals surface area contributed by atoms with E-state index < -0.39 is 15.4 Å². The molecule has 3 aromatic rings. The Labute approximate surface area is 206 Å². The molecule has 1 fully saturated rings. The molecule has 0 bridgehead atoms. The van der Waals surface area contributed by atoms with E-state index in [-0.39, 0.29) is 17.5 Å². The summed E-state index contributed by atoms with van der Waals surface area (Å²) in [6, 6.07) is 18.8. The minimum atomic E-state index is -3.51. The van der Waals surface area contributed by atoms with E-state index in [0.717, 1.165) is 52.8 Å². The van der Waals surface area contributed by atoms with Gasteiger partial charge in [0.2, 0.25) is 16.8 Å². The Kier molecular flexibility index (Phi) is 6.15. The predicted octanol–water partition coefficient (Wildman–Crippen LogP) is 4.92. The third-order valence-corrected chi connectivity index (χ3v) is 8.37. The van der Waals surface area contributed by atoms with E-state index in [9.17, 15) is 13.2 Å². The van der Waals surface area contributed by atoms with Crippen LogP contribution >= 0.6 is 0 Å². The molecule has 182 valence electrons. The summed E-state index contributed by atoms with van der Waals surface area (Å²) in [6.45, 7) is 4.57. The van der Waals surface area contributed by atoms with Crippen molar-refractivity contribution in [3.63, 3.8) is 0 Å². The summed E-state index contributed by atoms with van der Waals surface area (Å²) >= 11 is 0. The van der Waals surface area contributed by atoms with E-state index in [1.807, 2.05) is 62.4 Å². The van der Waals surface area contributed by atoms with Crippen molar-refractivity contribution in [3.8, 4) is 22.6 Å². The monoisotopic (exact) mass is 491 g/mol. The van der Waals surface area contributed by atoms with Crippen molar-refractivity contribution >= 4 is 15.8 Å². The standard InChI is InChI=1S/C28H29NO5S/c1-3-14-29-35(31,32)23-9-6-21(7-10-23)24-15-20(5-4-19(24)2)16-27(30)28(12-13-28)22-8-11-25-26(17-22)34-18-33-25/h4-11,15,17,29H,3,12-14,16,18H2,1-2H3. The molecule has 6 nitrogen and oxygen atoms in total. The smallest absolute Gasteiger partial charge is 0.240 e. The molecule has 35 heavy (non-hydrogen) atoms. The number of carbonyl (C=O) groups is 1. The van der Waals surface area contributed by atoms with E-state index in [4.69, 9.17) is 9.47 Å². The summed E-state index contributed by atoms with van der Waals surface area (Å²) in [5.74, 6) is 1.63. The molecule has 3 aromatic carbocycles. The van der Waals surface area contributed by atoms with Gasteiger partial charge in [0.1, 0.15) is 5.78 Å². The van der Waals surface area contributed by atoms with Gasteiger partial charge >= 0.3 is 0 Å². The summed E-state index contributed by atoms with van der Waals surface area (Å²) in [7, 11) is -3.51. The lowest BCUT2D eigenvalue weighted by atomic mass is 9.87. The van der Waals surface area contributed by atoms with Crippen LogP contribution in [0.4, 0.5) is 0 Å². The minimum Gasteiger partial charge on any atom is -0.454 e. The molecule has 0 spiro atoms. The van der Waals surface area contributed by atoms with Crippen LogP contribution in [-0.4, -0.2) is 27.5 Å². The van der Waals surface area contributed by atoms with E-state index in [1.54, 1.807) is 12.1 Å². The van der Waals surface area contributed by atoms with E-state index in [1.165, 1.54) is 0 Å². The van der Waals surface area contributed by atoms with Gasteiger partial charge in [0.25, 0.3) is 0 Å². The lowest BCUT2D eigenvalue weighted by molar-refractivity contribution is -0.120. The van der Waals surface area contributed by atoms with Gasteiger partial charge < -0.3 is 9.47 Å². The third-order valence-electron chi connectivity index (χ3n) is 6.89. The highest BCUT2D eigenvalue weighted by atomic mass is 32.2. The average Bonchev–Trinajstić information content (AvgIpc) is 3.55. The number of rotatable bonds is 9. The van der Waals surface area contributed by atoms with Crippen LogP contribution < -0.4 is 14.2 Å². The molecule has 0 radical (unpaired) electrons. The van der Waals surface area contributed by atoms with Gasteiger partial charge in [0.05, 0.1) is 10.3 Å². The molecule has 0 saturated heterocycles. The summed E-state index contributed by atoms with van der Waals surface area (Å²) in [4.78, 5) is 13.7. The highest BCUT2D eigenvalue weighted by Crippen LogP contribution is 2.51. The first kappa shape index (κ1) is 23.6. The zero-order chi connectivity index (χ0) is 24.6. The molecular formula is C28H29NO5S. The molecule has 0 atom stereocenters. The molecule has 1 saturated carbocycles. The second-order valence-corrected chi connectivity index (χ2v) is 11.1. The van der Waals surface area contributed by atoms with Crippen molar-refractivity contribution in [2.75, 3.05) is 13.3 Å². The minimum absolute atomic E-state index is 0.203. The molecule has 1 heterocycles. The van der Waals surface area contributed by atoms with Crippen molar-refractivity contribution in [2.24, 2.45) is 0 Å². The molecule has 0 amide bonds. The van der Waals surface area contributed by atoms with Crippen LogP contribution in [-0.2, 0) is 26.7 Å². The topological polar surface area (TPSA) is 81.7 Å². The van der Waals surface area contributed by atoms with Crippen LogP contribution in [0.3, 0.4) is 0 Å². The molecule has 2 aliphatic rings. The molecule has 1 N–H and O–H groups in total. The van der Waals surface area contributed by atoms with Crippen LogP contribution in [0.2, 0.25) is 0 Å². The van der Waals surface area contributed by atoms with E-state index in [2.05, 4.69) is 4.72 Å². The number of ether oxygens (including phenoxy) is 2. The first-order chi connectivity index (χ1) is 16.8. The zero-order valence-electron chi connectivity index (χ0n) is 20.0. The third kappa shape index (κ3) is 4.58. The van der Waals surface area contributed by atoms with Crippen molar-refractivity contribution < 1.29 is 22.7 Å². The van der Waals surface area contributed by atoms with Crippen molar-refractivity contribution in [3.05, 3.63) is 77.4 Å². The van der Waals surface area contributed by atoms with Gasteiger partial charge in [0, 0.05) is 13.0 Å². The van der Waals surface area contributed by atoms with Crippen molar-refractivity contribution in [2.45, 2.75) is 49.8 Å². The maximum atomic E-state index is 13.4. The zero-order valence-corrected chi connectivity index (χ0v) is 20.8. The highest BCUT2D eigenvalue weighted by Gasteiger charge is 2.50. The fourth-order valence-corrected chi connectivity index (χ4v) is 5.76. The van der Waals surface area contributed by atoms with Crippen LogP contribution in [0.1, 0.15) is 42.9 Å². The Hall–Kier alpha value is -3.16. The highest BCUT2D eigenvalue weighted by molar-refractivity contribution is 7.89. The van der Waals surface area contributed by atoms with Gasteiger partial charge in [-0.3, -0.25) is 4.79 Å². The number of aryl methyl sites for hydroxylation is 1. The van der Waals surface area contributed by atoms with Crippen molar-refractivity contribution in [1.29, 1.82) is 0 Å². The lowest BCUT2D eigenvalue weighted by Gasteiger charge is -2.16. The molecule has 0 aromatic heterocycles. The van der Waals surface area contributed by atoms with Gasteiger partial charge in [-0.25, -0.2) is 13.1 Å². The number of benzene rings is 3. The first-order valence-corrected chi connectivity index (χ1v) is 13.4. The van der Waals surface area contributed by atoms with Gasteiger partial charge in [-0.1, -0.05) is 43.3 Å².